The van der Waals surface area contributed by atoms with Crippen molar-refractivity contribution in [1.82, 2.24) is 10.3 Å². The van der Waals surface area contributed by atoms with E-state index in [1.54, 1.807) is 0 Å². The van der Waals surface area contributed by atoms with E-state index in [2.05, 4.69) is 55.0 Å². The van der Waals surface area contributed by atoms with E-state index in [1.165, 1.54) is 5.56 Å². The zero-order valence-corrected chi connectivity index (χ0v) is 11.3. The first kappa shape index (κ1) is 12.4. The molecule has 0 amide bonds. The molecule has 3 heteroatoms. The van der Waals surface area contributed by atoms with Crippen molar-refractivity contribution in [3.8, 4) is 0 Å². The van der Waals surface area contributed by atoms with Gasteiger partial charge >= 0.3 is 0 Å². The van der Waals surface area contributed by atoms with E-state index in [4.69, 9.17) is 0 Å². The van der Waals surface area contributed by atoms with E-state index < -0.39 is 0 Å². The van der Waals surface area contributed by atoms with Gasteiger partial charge in [-0.1, -0.05) is 26.8 Å². The summed E-state index contributed by atoms with van der Waals surface area (Å²) >= 11 is 0. The Morgan fingerprint density at radius 2 is 2.12 bits per heavy atom. The summed E-state index contributed by atoms with van der Waals surface area (Å²) in [5.41, 5.74) is 1.48. The molecule has 2 heterocycles. The fourth-order valence-corrected chi connectivity index (χ4v) is 2.16. The molecular formula is C14H23N3. The maximum atomic E-state index is 4.60. The average Bonchev–Trinajstić information content (AvgIpc) is 2.28. The molecule has 2 rings (SSSR count). The first-order chi connectivity index (χ1) is 7.97. The van der Waals surface area contributed by atoms with Gasteiger partial charge in [0.1, 0.15) is 5.82 Å². The van der Waals surface area contributed by atoms with E-state index >= 15 is 0 Å². The number of nitrogens with one attached hydrogen (secondary N) is 1. The van der Waals surface area contributed by atoms with Crippen molar-refractivity contribution in [3.05, 3.63) is 23.9 Å². The van der Waals surface area contributed by atoms with E-state index in [-0.39, 0.29) is 5.41 Å². The lowest BCUT2D eigenvalue weighted by atomic mass is 9.88. The SMILES string of the molecule is C[C@H]1CN(c2ccc(C(C)(C)C)cn2)CCN1. The van der Waals surface area contributed by atoms with Crippen LogP contribution in [0, 0.1) is 0 Å². The molecule has 0 spiro atoms. The highest BCUT2D eigenvalue weighted by atomic mass is 15.2. The summed E-state index contributed by atoms with van der Waals surface area (Å²) in [6, 6.07) is 4.90. The van der Waals surface area contributed by atoms with Gasteiger partial charge in [0, 0.05) is 31.9 Å². The molecule has 0 aromatic carbocycles. The summed E-state index contributed by atoms with van der Waals surface area (Å²) in [5.74, 6) is 1.10. The molecule has 1 aliphatic rings. The molecule has 17 heavy (non-hydrogen) atoms. The highest BCUT2D eigenvalue weighted by molar-refractivity contribution is 5.41. The monoisotopic (exact) mass is 233 g/mol. The van der Waals surface area contributed by atoms with Crippen LogP contribution in [-0.2, 0) is 5.41 Å². The summed E-state index contributed by atoms with van der Waals surface area (Å²) in [6.45, 7) is 12.0. The summed E-state index contributed by atoms with van der Waals surface area (Å²) in [5, 5.41) is 3.45. The molecule has 0 unspecified atom stereocenters. The van der Waals surface area contributed by atoms with Gasteiger partial charge in [-0.3, -0.25) is 0 Å². The average molecular weight is 233 g/mol. The number of aromatic nitrogens is 1. The van der Waals surface area contributed by atoms with Crippen molar-refractivity contribution in [2.75, 3.05) is 24.5 Å². The third-order valence-corrected chi connectivity index (χ3v) is 3.31. The number of rotatable bonds is 1. The van der Waals surface area contributed by atoms with E-state index in [1.807, 2.05) is 6.20 Å². The summed E-state index contributed by atoms with van der Waals surface area (Å²) in [6.07, 6.45) is 2.02. The molecule has 1 atom stereocenters. The lowest BCUT2D eigenvalue weighted by Gasteiger charge is -2.33. The minimum atomic E-state index is 0.183. The molecule has 0 radical (unpaired) electrons. The maximum absolute atomic E-state index is 4.60. The Kier molecular flexibility index (Phi) is 3.38. The Morgan fingerprint density at radius 3 is 2.65 bits per heavy atom. The minimum absolute atomic E-state index is 0.183. The second kappa shape index (κ2) is 4.65. The Balaban J connectivity index is 2.12. The standard InChI is InChI=1S/C14H23N3/c1-11-10-17(8-7-15-11)13-6-5-12(9-16-13)14(2,3)4/h5-6,9,11,15H,7-8,10H2,1-4H3/t11-/m0/s1. The van der Waals surface area contributed by atoms with Crippen LogP contribution >= 0.6 is 0 Å². The van der Waals surface area contributed by atoms with E-state index in [9.17, 15) is 0 Å². The number of anilines is 1. The van der Waals surface area contributed by atoms with Gasteiger partial charge in [-0.05, 0) is 24.0 Å². The van der Waals surface area contributed by atoms with Crippen molar-refractivity contribution in [2.45, 2.75) is 39.2 Å². The van der Waals surface area contributed by atoms with Crippen molar-refractivity contribution < 1.29 is 0 Å². The third-order valence-electron chi connectivity index (χ3n) is 3.31. The zero-order chi connectivity index (χ0) is 12.5. The molecule has 1 aromatic rings. The first-order valence-electron chi connectivity index (χ1n) is 6.42. The lowest BCUT2D eigenvalue weighted by Crippen LogP contribution is -2.49. The van der Waals surface area contributed by atoms with Gasteiger partial charge in [-0.25, -0.2) is 4.98 Å². The van der Waals surface area contributed by atoms with Gasteiger partial charge in [-0.15, -0.1) is 0 Å². The Labute approximate surface area is 104 Å². The van der Waals surface area contributed by atoms with Crippen molar-refractivity contribution >= 4 is 5.82 Å². The van der Waals surface area contributed by atoms with Gasteiger partial charge < -0.3 is 10.2 Å². The van der Waals surface area contributed by atoms with Crippen LogP contribution in [-0.4, -0.2) is 30.7 Å². The van der Waals surface area contributed by atoms with Gasteiger partial charge in [-0.2, -0.15) is 0 Å². The molecule has 3 nitrogen and oxygen atoms in total. The van der Waals surface area contributed by atoms with Crippen LogP contribution in [0.5, 0.6) is 0 Å². The van der Waals surface area contributed by atoms with E-state index in [0.717, 1.165) is 25.5 Å². The largest absolute Gasteiger partial charge is 0.354 e. The predicted molar refractivity (Wildman–Crippen MR) is 72.6 cm³/mol. The van der Waals surface area contributed by atoms with E-state index in [0.29, 0.717) is 6.04 Å². The number of hydrogen-bond donors (Lipinski definition) is 1. The highest BCUT2D eigenvalue weighted by Gasteiger charge is 2.18. The fraction of sp³-hybridized carbons (Fsp3) is 0.643. The topological polar surface area (TPSA) is 28.2 Å². The van der Waals surface area contributed by atoms with Crippen molar-refractivity contribution in [2.24, 2.45) is 0 Å². The normalized spacial score (nSPS) is 21.6. The van der Waals surface area contributed by atoms with Crippen LogP contribution in [0.1, 0.15) is 33.3 Å². The number of hydrogen-bond acceptors (Lipinski definition) is 3. The van der Waals surface area contributed by atoms with Gasteiger partial charge in [0.25, 0.3) is 0 Å². The summed E-state index contributed by atoms with van der Waals surface area (Å²) in [4.78, 5) is 6.96. The number of pyridine rings is 1. The number of piperazine rings is 1. The number of nitrogens with zero attached hydrogens (tertiary/aromatic N) is 2. The highest BCUT2D eigenvalue weighted by Crippen LogP contribution is 2.23. The second-order valence-electron chi connectivity index (χ2n) is 5.96. The van der Waals surface area contributed by atoms with Gasteiger partial charge in [0.2, 0.25) is 0 Å². The molecule has 94 valence electrons. The molecule has 0 saturated carbocycles. The van der Waals surface area contributed by atoms with Gasteiger partial charge in [0.15, 0.2) is 0 Å². The van der Waals surface area contributed by atoms with Crippen LogP contribution in [0.3, 0.4) is 0 Å². The smallest absolute Gasteiger partial charge is 0.128 e. The minimum Gasteiger partial charge on any atom is -0.354 e. The molecule has 0 aliphatic carbocycles. The lowest BCUT2D eigenvalue weighted by molar-refractivity contribution is 0.482. The molecular weight excluding hydrogens is 210 g/mol. The summed E-state index contributed by atoms with van der Waals surface area (Å²) < 4.78 is 0. The second-order valence-corrected chi connectivity index (χ2v) is 5.96. The molecule has 1 saturated heterocycles. The Bertz CT molecular complexity index is 364. The van der Waals surface area contributed by atoms with Crippen LogP contribution < -0.4 is 10.2 Å². The molecule has 1 aromatic heterocycles. The zero-order valence-electron chi connectivity index (χ0n) is 11.3. The molecule has 0 bridgehead atoms. The Morgan fingerprint density at radius 1 is 1.35 bits per heavy atom. The van der Waals surface area contributed by atoms with Crippen LogP contribution in [0.4, 0.5) is 5.82 Å². The van der Waals surface area contributed by atoms with Crippen LogP contribution in [0.2, 0.25) is 0 Å². The third kappa shape index (κ3) is 2.97. The first-order valence-corrected chi connectivity index (χ1v) is 6.42. The predicted octanol–water partition coefficient (Wildman–Crippen LogP) is 2.18. The molecule has 1 fully saturated rings. The van der Waals surface area contributed by atoms with Crippen molar-refractivity contribution in [1.29, 1.82) is 0 Å². The maximum Gasteiger partial charge on any atom is 0.128 e. The quantitative estimate of drug-likeness (QED) is 0.806. The van der Waals surface area contributed by atoms with Crippen molar-refractivity contribution in [3.63, 3.8) is 0 Å². The van der Waals surface area contributed by atoms with Gasteiger partial charge in [0.05, 0.1) is 0 Å². The fourth-order valence-electron chi connectivity index (χ4n) is 2.16. The molecule has 1 N–H and O–H groups in total. The van der Waals surface area contributed by atoms with Crippen LogP contribution in [0.15, 0.2) is 18.3 Å². The summed E-state index contributed by atoms with van der Waals surface area (Å²) in [7, 11) is 0. The Hall–Kier alpha value is -1.09. The molecule has 1 aliphatic heterocycles. The van der Waals surface area contributed by atoms with Crippen LogP contribution in [0.25, 0.3) is 0 Å².